The second kappa shape index (κ2) is 6.97. The number of aldehydes is 1. The Kier molecular flexibility index (Phi) is 4.77. The lowest BCUT2D eigenvalue weighted by molar-refractivity contribution is 0.112. The van der Waals surface area contributed by atoms with Gasteiger partial charge in [0.05, 0.1) is 0 Å². The van der Waals surface area contributed by atoms with Crippen LogP contribution in [-0.2, 0) is 0 Å². The third-order valence-electron chi connectivity index (χ3n) is 4.89. The zero-order chi connectivity index (χ0) is 16.2. The molecule has 0 unspecified atom stereocenters. The molecule has 1 fully saturated rings. The van der Waals surface area contributed by atoms with Crippen LogP contribution < -0.4 is 4.90 Å². The molecule has 0 bridgehead atoms. The number of nitrogens with zero attached hydrogens (tertiary/aromatic N) is 2. The van der Waals surface area contributed by atoms with Crippen LogP contribution in [0.4, 0.5) is 5.69 Å². The molecule has 2 aromatic carbocycles. The quantitative estimate of drug-likeness (QED) is 0.805. The predicted molar refractivity (Wildman–Crippen MR) is 95.2 cm³/mol. The van der Waals surface area contributed by atoms with Crippen LogP contribution in [0.2, 0.25) is 0 Å². The molecule has 0 aromatic heterocycles. The summed E-state index contributed by atoms with van der Waals surface area (Å²) < 4.78 is 0. The van der Waals surface area contributed by atoms with Crippen molar-refractivity contribution in [3.8, 4) is 0 Å². The third-order valence-corrected chi connectivity index (χ3v) is 4.89. The Morgan fingerprint density at radius 3 is 2.30 bits per heavy atom. The molecule has 0 spiro atoms. The van der Waals surface area contributed by atoms with E-state index in [0.29, 0.717) is 6.04 Å². The normalized spacial score (nSPS) is 17.0. The minimum atomic E-state index is 0.456. The molecule has 120 valence electrons. The van der Waals surface area contributed by atoms with Gasteiger partial charge in [-0.1, -0.05) is 30.3 Å². The lowest BCUT2D eigenvalue weighted by atomic mass is 10.1. The van der Waals surface area contributed by atoms with Gasteiger partial charge in [0.1, 0.15) is 6.29 Å². The average Bonchev–Trinajstić information content (AvgIpc) is 2.62. The lowest BCUT2D eigenvalue weighted by Crippen LogP contribution is -2.47. The Hall–Kier alpha value is -2.13. The van der Waals surface area contributed by atoms with E-state index in [1.165, 1.54) is 11.3 Å². The molecule has 2 aromatic rings. The number of hydrogen-bond acceptors (Lipinski definition) is 3. The van der Waals surface area contributed by atoms with Gasteiger partial charge in [0.25, 0.3) is 0 Å². The van der Waals surface area contributed by atoms with Crippen molar-refractivity contribution >= 4 is 12.0 Å². The number of carbonyl (C=O) groups is 1. The van der Waals surface area contributed by atoms with Crippen LogP contribution in [0.5, 0.6) is 0 Å². The number of carbonyl (C=O) groups excluding carboxylic acids is 1. The first-order valence-corrected chi connectivity index (χ1v) is 8.29. The highest BCUT2D eigenvalue weighted by molar-refractivity contribution is 5.78. The Morgan fingerprint density at radius 2 is 1.70 bits per heavy atom. The van der Waals surface area contributed by atoms with Gasteiger partial charge in [0.15, 0.2) is 0 Å². The van der Waals surface area contributed by atoms with E-state index < -0.39 is 0 Å². The Bertz CT molecular complexity index is 661. The van der Waals surface area contributed by atoms with E-state index in [2.05, 4.69) is 59.2 Å². The number of benzene rings is 2. The molecular weight excluding hydrogens is 284 g/mol. The van der Waals surface area contributed by atoms with E-state index in [1.54, 1.807) is 0 Å². The minimum Gasteiger partial charge on any atom is -0.369 e. The van der Waals surface area contributed by atoms with Crippen LogP contribution in [0.3, 0.4) is 0 Å². The van der Waals surface area contributed by atoms with Crippen molar-refractivity contribution in [1.82, 2.24) is 4.90 Å². The second-order valence-corrected chi connectivity index (χ2v) is 6.27. The maximum Gasteiger partial charge on any atom is 0.150 e. The number of aryl methyl sites for hydroxylation is 1. The van der Waals surface area contributed by atoms with Crippen molar-refractivity contribution in [2.24, 2.45) is 0 Å². The summed E-state index contributed by atoms with van der Waals surface area (Å²) in [4.78, 5) is 15.9. The van der Waals surface area contributed by atoms with Crippen LogP contribution in [0.25, 0.3) is 0 Å². The van der Waals surface area contributed by atoms with Gasteiger partial charge in [-0.15, -0.1) is 0 Å². The van der Waals surface area contributed by atoms with Crippen molar-refractivity contribution < 1.29 is 4.79 Å². The van der Waals surface area contributed by atoms with Gasteiger partial charge < -0.3 is 4.90 Å². The number of anilines is 1. The molecule has 1 saturated heterocycles. The maximum absolute atomic E-state index is 10.9. The highest BCUT2D eigenvalue weighted by Gasteiger charge is 2.22. The van der Waals surface area contributed by atoms with E-state index in [4.69, 9.17) is 0 Å². The van der Waals surface area contributed by atoms with Crippen molar-refractivity contribution in [2.75, 3.05) is 31.1 Å². The highest BCUT2D eigenvalue weighted by Crippen LogP contribution is 2.24. The van der Waals surface area contributed by atoms with Crippen LogP contribution in [-0.4, -0.2) is 37.4 Å². The van der Waals surface area contributed by atoms with Crippen LogP contribution in [0.15, 0.2) is 48.5 Å². The standard InChI is InChI=1S/C20H24N2O/c1-16-14-20(9-8-19(16)15-23)22-12-10-21(11-13-22)17(2)18-6-4-3-5-7-18/h3-9,14-15,17H,10-13H2,1-2H3/t17-/m1/s1. The van der Waals surface area contributed by atoms with Gasteiger partial charge in [0.2, 0.25) is 0 Å². The SMILES string of the molecule is Cc1cc(N2CCN([C@H](C)c3ccccc3)CC2)ccc1C=O. The van der Waals surface area contributed by atoms with Crippen molar-refractivity contribution in [3.05, 3.63) is 65.2 Å². The molecule has 23 heavy (non-hydrogen) atoms. The fourth-order valence-corrected chi connectivity index (χ4v) is 3.30. The topological polar surface area (TPSA) is 23.6 Å². The van der Waals surface area contributed by atoms with E-state index >= 15 is 0 Å². The molecule has 0 amide bonds. The van der Waals surface area contributed by atoms with Crippen molar-refractivity contribution in [2.45, 2.75) is 19.9 Å². The molecule has 0 saturated carbocycles. The summed E-state index contributed by atoms with van der Waals surface area (Å²) in [7, 11) is 0. The summed E-state index contributed by atoms with van der Waals surface area (Å²) in [6.45, 7) is 8.46. The summed E-state index contributed by atoms with van der Waals surface area (Å²) in [6.07, 6.45) is 0.929. The van der Waals surface area contributed by atoms with Crippen molar-refractivity contribution in [3.63, 3.8) is 0 Å². The molecule has 0 radical (unpaired) electrons. The van der Waals surface area contributed by atoms with E-state index in [1.807, 2.05) is 13.0 Å². The van der Waals surface area contributed by atoms with Crippen LogP contribution in [0.1, 0.15) is 34.5 Å². The predicted octanol–water partition coefficient (Wildman–Crippen LogP) is 3.69. The first-order chi connectivity index (χ1) is 11.2. The van der Waals surface area contributed by atoms with E-state index in [-0.39, 0.29) is 0 Å². The average molecular weight is 308 g/mol. The van der Waals surface area contributed by atoms with Gasteiger partial charge in [0, 0.05) is 43.5 Å². The van der Waals surface area contributed by atoms with E-state index in [0.717, 1.165) is 43.6 Å². The van der Waals surface area contributed by atoms with Crippen molar-refractivity contribution in [1.29, 1.82) is 0 Å². The summed E-state index contributed by atoms with van der Waals surface area (Å²) >= 11 is 0. The molecule has 0 N–H and O–H groups in total. The summed E-state index contributed by atoms with van der Waals surface area (Å²) in [5, 5.41) is 0. The fraction of sp³-hybridized carbons (Fsp3) is 0.350. The molecule has 1 atom stereocenters. The lowest BCUT2D eigenvalue weighted by Gasteiger charge is -2.39. The zero-order valence-corrected chi connectivity index (χ0v) is 13.9. The molecule has 0 aliphatic carbocycles. The minimum absolute atomic E-state index is 0.456. The molecule has 1 aliphatic rings. The first kappa shape index (κ1) is 15.8. The Balaban J connectivity index is 1.64. The van der Waals surface area contributed by atoms with Gasteiger partial charge in [-0.2, -0.15) is 0 Å². The molecule has 3 rings (SSSR count). The van der Waals surface area contributed by atoms with E-state index in [9.17, 15) is 4.79 Å². The smallest absolute Gasteiger partial charge is 0.150 e. The molecular formula is C20H24N2O. The van der Waals surface area contributed by atoms with Gasteiger partial charge in [-0.3, -0.25) is 9.69 Å². The monoisotopic (exact) mass is 308 g/mol. The molecule has 3 nitrogen and oxygen atoms in total. The summed E-state index contributed by atoms with van der Waals surface area (Å²) in [5.74, 6) is 0. The molecule has 3 heteroatoms. The van der Waals surface area contributed by atoms with Gasteiger partial charge in [-0.25, -0.2) is 0 Å². The van der Waals surface area contributed by atoms with Gasteiger partial charge in [-0.05, 0) is 43.2 Å². The fourth-order valence-electron chi connectivity index (χ4n) is 3.30. The highest BCUT2D eigenvalue weighted by atomic mass is 16.1. The van der Waals surface area contributed by atoms with Crippen LogP contribution >= 0.6 is 0 Å². The number of hydrogen-bond donors (Lipinski definition) is 0. The van der Waals surface area contributed by atoms with Crippen LogP contribution in [0, 0.1) is 6.92 Å². The summed E-state index contributed by atoms with van der Waals surface area (Å²) in [6, 6.07) is 17.3. The molecule has 1 aliphatic heterocycles. The zero-order valence-electron chi connectivity index (χ0n) is 13.9. The number of piperazine rings is 1. The first-order valence-electron chi connectivity index (χ1n) is 8.29. The third kappa shape index (κ3) is 3.45. The van der Waals surface area contributed by atoms with Gasteiger partial charge >= 0.3 is 0 Å². The maximum atomic E-state index is 10.9. The Labute approximate surface area is 138 Å². The summed E-state index contributed by atoms with van der Waals surface area (Å²) in [5.41, 5.74) is 4.44. The number of rotatable bonds is 4. The Morgan fingerprint density at radius 1 is 1.00 bits per heavy atom. The second-order valence-electron chi connectivity index (χ2n) is 6.27. The largest absolute Gasteiger partial charge is 0.369 e. The molecule has 1 heterocycles.